The number of ether oxygens (including phenoxy) is 1. The van der Waals surface area contributed by atoms with E-state index in [4.69, 9.17) is 4.74 Å². The standard InChI is InChI=1S/C20H21N3O3/c1-15-6-5-8-17(12-15)26-11-10-22(2)19(24)14-23-20(25)18-9-4-3-7-16(18)13-21-23/h3-9,12-13H,10-11,14H2,1-2H3. The van der Waals surface area contributed by atoms with Gasteiger partial charge < -0.3 is 9.64 Å². The van der Waals surface area contributed by atoms with E-state index >= 15 is 0 Å². The molecule has 0 unspecified atom stereocenters. The molecule has 0 saturated heterocycles. The number of amides is 1. The number of aromatic nitrogens is 2. The van der Waals surface area contributed by atoms with Gasteiger partial charge in [-0.05, 0) is 30.7 Å². The fourth-order valence-corrected chi connectivity index (χ4v) is 2.62. The fourth-order valence-electron chi connectivity index (χ4n) is 2.62. The zero-order chi connectivity index (χ0) is 18.5. The number of carbonyl (C=O) groups is 1. The van der Waals surface area contributed by atoms with Crippen LogP contribution >= 0.6 is 0 Å². The van der Waals surface area contributed by atoms with Crippen molar-refractivity contribution in [3.63, 3.8) is 0 Å². The van der Waals surface area contributed by atoms with E-state index in [1.54, 1.807) is 30.3 Å². The smallest absolute Gasteiger partial charge is 0.275 e. The molecule has 0 bridgehead atoms. The summed E-state index contributed by atoms with van der Waals surface area (Å²) in [7, 11) is 1.69. The van der Waals surface area contributed by atoms with Crippen LogP contribution in [0.25, 0.3) is 10.8 Å². The summed E-state index contributed by atoms with van der Waals surface area (Å²) in [6.07, 6.45) is 1.60. The van der Waals surface area contributed by atoms with Gasteiger partial charge in [0.05, 0.1) is 18.1 Å². The van der Waals surface area contributed by atoms with Crippen molar-refractivity contribution in [1.29, 1.82) is 0 Å². The van der Waals surface area contributed by atoms with Gasteiger partial charge in [-0.1, -0.05) is 30.3 Å². The molecule has 0 aliphatic heterocycles. The van der Waals surface area contributed by atoms with Gasteiger partial charge in [0.1, 0.15) is 18.9 Å². The molecule has 0 spiro atoms. The van der Waals surface area contributed by atoms with Crippen LogP contribution in [0.1, 0.15) is 5.56 Å². The first-order valence-electron chi connectivity index (χ1n) is 8.43. The van der Waals surface area contributed by atoms with E-state index in [-0.39, 0.29) is 18.0 Å². The molecule has 26 heavy (non-hydrogen) atoms. The SMILES string of the molecule is Cc1cccc(OCCN(C)C(=O)Cn2ncc3ccccc3c2=O)c1. The van der Waals surface area contributed by atoms with Crippen LogP contribution < -0.4 is 10.3 Å². The molecule has 6 heteroatoms. The quantitative estimate of drug-likeness (QED) is 0.683. The fraction of sp³-hybridized carbons (Fsp3) is 0.250. The lowest BCUT2D eigenvalue weighted by molar-refractivity contribution is -0.131. The van der Waals surface area contributed by atoms with Gasteiger partial charge in [0, 0.05) is 12.4 Å². The molecule has 0 radical (unpaired) electrons. The third kappa shape index (κ3) is 4.08. The first-order chi connectivity index (χ1) is 12.5. The van der Waals surface area contributed by atoms with Crippen molar-refractivity contribution in [2.24, 2.45) is 0 Å². The maximum Gasteiger partial charge on any atom is 0.275 e. The minimum atomic E-state index is -0.263. The van der Waals surface area contributed by atoms with Gasteiger partial charge in [-0.2, -0.15) is 5.10 Å². The lowest BCUT2D eigenvalue weighted by Gasteiger charge is -2.18. The summed E-state index contributed by atoms with van der Waals surface area (Å²) in [4.78, 5) is 26.3. The van der Waals surface area contributed by atoms with Gasteiger partial charge in [-0.25, -0.2) is 4.68 Å². The Kier molecular flexibility index (Phi) is 5.31. The highest BCUT2D eigenvalue weighted by Gasteiger charge is 2.12. The Hall–Kier alpha value is -3.15. The number of hydrogen-bond acceptors (Lipinski definition) is 4. The van der Waals surface area contributed by atoms with E-state index in [1.165, 1.54) is 4.68 Å². The molecule has 1 heterocycles. The predicted molar refractivity (Wildman–Crippen MR) is 100 cm³/mol. The van der Waals surface area contributed by atoms with E-state index in [0.717, 1.165) is 16.7 Å². The van der Waals surface area contributed by atoms with E-state index in [1.807, 2.05) is 43.3 Å². The number of rotatable bonds is 6. The lowest BCUT2D eigenvalue weighted by atomic mass is 10.2. The summed E-state index contributed by atoms with van der Waals surface area (Å²) < 4.78 is 6.86. The van der Waals surface area contributed by atoms with Gasteiger partial charge >= 0.3 is 0 Å². The summed E-state index contributed by atoms with van der Waals surface area (Å²) in [5.74, 6) is 0.584. The Labute approximate surface area is 151 Å². The molecule has 0 fully saturated rings. The van der Waals surface area contributed by atoms with Crippen LogP contribution in [-0.2, 0) is 11.3 Å². The maximum atomic E-state index is 12.4. The molecule has 0 aliphatic rings. The van der Waals surface area contributed by atoms with Crippen molar-refractivity contribution >= 4 is 16.7 Å². The molecular formula is C20H21N3O3. The molecular weight excluding hydrogens is 330 g/mol. The average Bonchev–Trinajstić information content (AvgIpc) is 2.64. The van der Waals surface area contributed by atoms with Crippen molar-refractivity contribution in [3.8, 4) is 5.75 Å². The maximum absolute atomic E-state index is 12.4. The summed E-state index contributed by atoms with van der Waals surface area (Å²) >= 11 is 0. The summed E-state index contributed by atoms with van der Waals surface area (Å²) in [5, 5.41) is 5.41. The second kappa shape index (κ2) is 7.82. The first-order valence-corrected chi connectivity index (χ1v) is 8.43. The second-order valence-electron chi connectivity index (χ2n) is 6.17. The average molecular weight is 351 g/mol. The van der Waals surface area contributed by atoms with Crippen LogP contribution in [0.3, 0.4) is 0 Å². The van der Waals surface area contributed by atoms with Crippen LogP contribution in [-0.4, -0.2) is 40.8 Å². The highest BCUT2D eigenvalue weighted by molar-refractivity contribution is 5.81. The van der Waals surface area contributed by atoms with Crippen molar-refractivity contribution in [3.05, 3.63) is 70.6 Å². The molecule has 0 saturated carbocycles. The Morgan fingerprint density at radius 2 is 2.00 bits per heavy atom. The van der Waals surface area contributed by atoms with Crippen molar-refractivity contribution in [2.75, 3.05) is 20.2 Å². The van der Waals surface area contributed by atoms with Gasteiger partial charge in [0.2, 0.25) is 5.91 Å². The Morgan fingerprint density at radius 3 is 2.81 bits per heavy atom. The molecule has 0 atom stereocenters. The van der Waals surface area contributed by atoms with Crippen molar-refractivity contribution in [2.45, 2.75) is 13.5 Å². The summed E-state index contributed by atoms with van der Waals surface area (Å²) in [6.45, 7) is 2.71. The number of nitrogens with zero attached hydrogens (tertiary/aromatic N) is 3. The Balaban J connectivity index is 1.59. The van der Waals surface area contributed by atoms with Crippen LogP contribution in [0.2, 0.25) is 0 Å². The highest BCUT2D eigenvalue weighted by atomic mass is 16.5. The minimum Gasteiger partial charge on any atom is -0.492 e. The Morgan fingerprint density at radius 1 is 1.19 bits per heavy atom. The van der Waals surface area contributed by atoms with Gasteiger partial charge in [-0.3, -0.25) is 9.59 Å². The third-order valence-electron chi connectivity index (χ3n) is 4.16. The van der Waals surface area contributed by atoms with Crippen molar-refractivity contribution in [1.82, 2.24) is 14.7 Å². The largest absolute Gasteiger partial charge is 0.492 e. The number of aryl methyl sites for hydroxylation is 1. The normalized spacial score (nSPS) is 10.7. The topological polar surface area (TPSA) is 64.4 Å². The van der Waals surface area contributed by atoms with Crippen LogP contribution in [0.4, 0.5) is 0 Å². The first kappa shape index (κ1) is 17.7. The minimum absolute atomic E-state index is 0.0926. The van der Waals surface area contributed by atoms with Gasteiger partial charge in [0.25, 0.3) is 5.56 Å². The number of carbonyl (C=O) groups excluding carboxylic acids is 1. The lowest BCUT2D eigenvalue weighted by Crippen LogP contribution is -2.37. The van der Waals surface area contributed by atoms with Crippen LogP contribution in [0, 0.1) is 6.92 Å². The zero-order valence-corrected chi connectivity index (χ0v) is 14.9. The predicted octanol–water partition coefficient (Wildman–Crippen LogP) is 2.24. The number of fused-ring (bicyclic) bond motifs is 1. The highest BCUT2D eigenvalue weighted by Crippen LogP contribution is 2.12. The number of likely N-dealkylation sites (N-methyl/N-ethyl adjacent to an activating group) is 1. The van der Waals surface area contributed by atoms with Gasteiger partial charge in [0.15, 0.2) is 0 Å². The number of benzene rings is 2. The molecule has 3 aromatic rings. The summed E-state index contributed by atoms with van der Waals surface area (Å²) in [5.41, 5.74) is 0.856. The van der Waals surface area contributed by atoms with E-state index in [9.17, 15) is 9.59 Å². The molecule has 1 aromatic heterocycles. The zero-order valence-electron chi connectivity index (χ0n) is 14.9. The molecule has 2 aromatic carbocycles. The molecule has 0 N–H and O–H groups in total. The second-order valence-corrected chi connectivity index (χ2v) is 6.17. The van der Waals surface area contributed by atoms with Crippen molar-refractivity contribution < 1.29 is 9.53 Å². The molecule has 1 amide bonds. The number of hydrogen-bond donors (Lipinski definition) is 0. The van der Waals surface area contributed by atoms with E-state index < -0.39 is 0 Å². The monoisotopic (exact) mass is 351 g/mol. The third-order valence-corrected chi connectivity index (χ3v) is 4.16. The van der Waals surface area contributed by atoms with Gasteiger partial charge in [-0.15, -0.1) is 0 Å². The van der Waals surface area contributed by atoms with Crippen LogP contribution in [0.5, 0.6) is 5.75 Å². The van der Waals surface area contributed by atoms with Crippen LogP contribution in [0.15, 0.2) is 59.5 Å². The van der Waals surface area contributed by atoms with E-state index in [2.05, 4.69) is 5.10 Å². The molecule has 6 nitrogen and oxygen atoms in total. The Bertz CT molecular complexity index is 981. The molecule has 3 rings (SSSR count). The van der Waals surface area contributed by atoms with E-state index in [0.29, 0.717) is 18.5 Å². The summed E-state index contributed by atoms with van der Waals surface area (Å²) in [6, 6.07) is 15.0. The molecule has 134 valence electrons. The molecule has 0 aliphatic carbocycles.